The second kappa shape index (κ2) is 17.2. The van der Waals surface area contributed by atoms with Crippen LogP contribution in [0.15, 0.2) is 0 Å². The molecule has 0 saturated carbocycles. The normalized spacial score (nSPS) is 9.62. The zero-order valence-electron chi connectivity index (χ0n) is 9.92. The van der Waals surface area contributed by atoms with Crippen molar-refractivity contribution in [2.45, 2.75) is 39.5 Å². The molecule has 0 aliphatic carbocycles. The van der Waals surface area contributed by atoms with Crippen molar-refractivity contribution in [2.24, 2.45) is 11.5 Å². The molecule has 0 aliphatic rings. The fourth-order valence-electron chi connectivity index (χ4n) is 0.408. The summed E-state index contributed by atoms with van der Waals surface area (Å²) in [5.74, 6) is 0. The van der Waals surface area contributed by atoms with Crippen LogP contribution in [0.3, 0.4) is 0 Å². The van der Waals surface area contributed by atoms with Crippen molar-refractivity contribution in [3.63, 3.8) is 0 Å². The van der Waals surface area contributed by atoms with Crippen LogP contribution < -0.4 is 11.5 Å². The molecule has 16 heavy (non-hydrogen) atoms. The van der Waals surface area contributed by atoms with Crippen molar-refractivity contribution in [1.82, 2.24) is 0 Å². The van der Waals surface area contributed by atoms with Gasteiger partial charge in [0, 0.05) is 0 Å². The van der Waals surface area contributed by atoms with Crippen LogP contribution in [0.4, 0.5) is 0 Å². The quantitative estimate of drug-likeness (QED) is 0.325. The number of unbranched alkanes of at least 4 members (excludes halogenated alkanes) is 2. The van der Waals surface area contributed by atoms with E-state index in [1.807, 2.05) is 0 Å². The third-order valence-electron chi connectivity index (χ3n) is 1.21. The zero-order chi connectivity index (χ0) is 13.4. The van der Waals surface area contributed by atoms with Gasteiger partial charge in [-0.15, -0.1) is 0 Å². The minimum atomic E-state index is -4.61. The Morgan fingerprint density at radius 1 is 1.06 bits per heavy atom. The van der Waals surface area contributed by atoms with Gasteiger partial charge in [-0.1, -0.05) is 31.0 Å². The van der Waals surface area contributed by atoms with Gasteiger partial charge in [-0.3, -0.25) is 4.55 Å². The van der Waals surface area contributed by atoms with Crippen molar-refractivity contribution in [3.8, 4) is 0 Å². The summed E-state index contributed by atoms with van der Waals surface area (Å²) in [5.41, 5.74) is 10.3. The molecule has 0 aromatic carbocycles. The maximum absolute atomic E-state index is 9.08. The first-order valence-electron chi connectivity index (χ1n) is 5.10. The molecule has 0 unspecified atom stereocenters. The average molecular weight is 260 g/mol. The Labute approximate surface area is 97.7 Å². The summed E-state index contributed by atoms with van der Waals surface area (Å²) in [6.45, 7) is 5.95. The molecule has 0 saturated heterocycles. The lowest BCUT2D eigenvalue weighted by Crippen LogP contribution is -1.97. The Balaban J connectivity index is -0.000000160. The first-order valence-corrected chi connectivity index (χ1v) is 6.46. The average Bonchev–Trinajstić information content (AvgIpc) is 2.21. The van der Waals surface area contributed by atoms with E-state index in [0.29, 0.717) is 0 Å². The Kier molecular flexibility index (Phi) is 22.6. The molecular formula is C8H24N2O5S. The summed E-state index contributed by atoms with van der Waals surface area (Å²) in [7, 11) is -4.61. The second-order valence-electron chi connectivity index (χ2n) is 2.79. The van der Waals surface area contributed by atoms with Crippen molar-refractivity contribution in [3.05, 3.63) is 0 Å². The molecule has 0 amide bonds. The van der Waals surface area contributed by atoms with Crippen molar-refractivity contribution >= 4 is 10.4 Å². The molecule has 0 heterocycles. The van der Waals surface area contributed by atoms with Gasteiger partial charge in [0.25, 0.3) is 0 Å². The summed E-state index contributed by atoms with van der Waals surface area (Å²) in [5, 5.41) is 7.06. The number of hydrogen-bond donors (Lipinski definition) is 4. The topological polar surface area (TPSA) is 136 Å². The van der Waals surface area contributed by atoms with Crippen LogP contribution in [0.25, 0.3) is 0 Å². The molecule has 0 aliphatic heterocycles. The third-order valence-corrected chi connectivity index (χ3v) is 1.40. The van der Waals surface area contributed by atoms with Crippen LogP contribution in [0.1, 0.15) is 39.5 Å². The highest BCUT2D eigenvalue weighted by Crippen LogP contribution is 1.77. The summed E-state index contributed by atoms with van der Waals surface area (Å²) >= 11 is 0. The summed E-state index contributed by atoms with van der Waals surface area (Å²) < 4.78 is 28.0. The lowest BCUT2D eigenvalue weighted by atomic mass is 10.3. The van der Waals surface area contributed by atoms with Crippen LogP contribution in [-0.2, 0) is 14.7 Å². The van der Waals surface area contributed by atoms with E-state index in [1.165, 1.54) is 25.7 Å². The minimum absolute atomic E-state index is 0.844. The second-order valence-corrected chi connectivity index (χ2v) is 3.79. The fourth-order valence-corrected chi connectivity index (χ4v) is 0.408. The van der Waals surface area contributed by atoms with Crippen LogP contribution >= 0.6 is 0 Å². The summed E-state index contributed by atoms with van der Waals surface area (Å²) in [4.78, 5) is 0. The van der Waals surface area contributed by atoms with Crippen LogP contribution in [-0.4, -0.2) is 31.3 Å². The monoisotopic (exact) mass is 260 g/mol. The summed E-state index contributed by atoms with van der Waals surface area (Å²) in [6.07, 6.45) is 4.77. The molecule has 0 spiro atoms. The van der Waals surface area contributed by atoms with E-state index in [2.05, 4.69) is 18.2 Å². The molecule has 8 heteroatoms. The third kappa shape index (κ3) is 49.1. The molecule has 0 bridgehead atoms. The van der Waals surface area contributed by atoms with Gasteiger partial charge >= 0.3 is 10.4 Å². The van der Waals surface area contributed by atoms with E-state index in [-0.39, 0.29) is 0 Å². The summed E-state index contributed by atoms with van der Waals surface area (Å²) in [6, 6.07) is 0. The largest absolute Gasteiger partial charge is 0.423 e. The first kappa shape index (κ1) is 21.1. The van der Waals surface area contributed by atoms with E-state index in [9.17, 15) is 0 Å². The highest BCUT2D eigenvalue weighted by molar-refractivity contribution is 7.80. The molecule has 0 fully saturated rings. The Morgan fingerprint density at radius 3 is 1.31 bits per heavy atom. The van der Waals surface area contributed by atoms with Crippen LogP contribution in [0, 0.1) is 0 Å². The van der Waals surface area contributed by atoms with E-state index in [4.69, 9.17) is 29.7 Å². The van der Waals surface area contributed by atoms with Crippen LogP contribution in [0.2, 0.25) is 0 Å². The lowest BCUT2D eigenvalue weighted by molar-refractivity contribution is -0.139. The van der Waals surface area contributed by atoms with E-state index >= 15 is 0 Å². The lowest BCUT2D eigenvalue weighted by Gasteiger charge is -1.80. The van der Waals surface area contributed by atoms with E-state index in [1.54, 1.807) is 0 Å². The van der Waals surface area contributed by atoms with Gasteiger partial charge in [-0.2, -0.15) is 8.42 Å². The predicted octanol–water partition coefficient (Wildman–Crippen LogP) is 0.769. The molecule has 0 aromatic heterocycles. The molecule has 102 valence electrons. The first-order chi connectivity index (χ1) is 7.39. The standard InChI is InChI=1S/2C4H11N.H2O5S/c2*1-2-3-4-5;1-5-6(2,3)4/h2*2-5H2,1H3;1H,(H,2,3,4). The smallest absolute Gasteiger partial charge is 0.330 e. The Bertz CT molecular complexity index is 187. The highest BCUT2D eigenvalue weighted by atomic mass is 32.3. The zero-order valence-corrected chi connectivity index (χ0v) is 10.7. The highest BCUT2D eigenvalue weighted by Gasteiger charge is 1.97. The van der Waals surface area contributed by atoms with Crippen molar-refractivity contribution in [2.75, 3.05) is 13.1 Å². The van der Waals surface area contributed by atoms with Gasteiger partial charge < -0.3 is 11.5 Å². The maximum atomic E-state index is 9.08. The van der Waals surface area contributed by atoms with E-state index in [0.717, 1.165) is 13.1 Å². The maximum Gasteiger partial charge on any atom is 0.423 e. The fraction of sp³-hybridized carbons (Fsp3) is 1.00. The van der Waals surface area contributed by atoms with Gasteiger partial charge in [0.15, 0.2) is 0 Å². The predicted molar refractivity (Wildman–Crippen MR) is 63.2 cm³/mol. The SMILES string of the molecule is CCCCN.CCCCN.O=S(=O)(O)OO. The molecule has 7 nitrogen and oxygen atoms in total. The molecule has 0 rings (SSSR count). The van der Waals surface area contributed by atoms with Gasteiger partial charge in [-0.05, 0) is 25.9 Å². The van der Waals surface area contributed by atoms with E-state index < -0.39 is 10.4 Å². The van der Waals surface area contributed by atoms with Gasteiger partial charge in [-0.25, -0.2) is 5.26 Å². The minimum Gasteiger partial charge on any atom is -0.330 e. The van der Waals surface area contributed by atoms with Crippen molar-refractivity contribution in [1.29, 1.82) is 0 Å². The van der Waals surface area contributed by atoms with Crippen molar-refractivity contribution < 1.29 is 22.6 Å². The molecule has 0 aromatic rings. The molecule has 0 atom stereocenters. The number of rotatable bonds is 5. The number of nitrogens with two attached hydrogens (primary N) is 2. The van der Waals surface area contributed by atoms with Crippen LogP contribution in [0.5, 0.6) is 0 Å². The van der Waals surface area contributed by atoms with Gasteiger partial charge in [0.1, 0.15) is 0 Å². The molecule has 6 N–H and O–H groups in total. The molecular weight excluding hydrogens is 236 g/mol. The number of hydrogen-bond acceptors (Lipinski definition) is 6. The van der Waals surface area contributed by atoms with Gasteiger partial charge in [0.2, 0.25) is 0 Å². The Morgan fingerprint density at radius 2 is 1.31 bits per heavy atom. The molecule has 0 radical (unpaired) electrons. The Hall–Kier alpha value is -0.250. The van der Waals surface area contributed by atoms with Gasteiger partial charge in [0.05, 0.1) is 0 Å².